The van der Waals surface area contributed by atoms with Crippen molar-refractivity contribution in [3.05, 3.63) is 18.5 Å². The Labute approximate surface area is 82.3 Å². The van der Waals surface area contributed by atoms with Gasteiger partial charge in [0.15, 0.2) is 0 Å². The number of hydrogen-bond donors (Lipinski definition) is 3. The molecular weight excluding hydrogens is 232 g/mol. The molecule has 0 spiro atoms. The lowest BCUT2D eigenvalue weighted by molar-refractivity contribution is 0.483. The SMILES string of the molecule is O=S(O)Nc1cnccc1S(=O)(=O)O. The van der Waals surface area contributed by atoms with Crippen molar-refractivity contribution in [3.63, 3.8) is 0 Å². The molecule has 1 unspecified atom stereocenters. The normalized spacial score (nSPS) is 13.6. The standard InChI is InChI=1S/C5H6N2O5S2/c8-13(9)7-4-3-6-2-1-5(4)14(10,11)12/h1-3,7H,(H,8,9)(H,10,11,12). The zero-order valence-corrected chi connectivity index (χ0v) is 8.25. The first-order valence-electron chi connectivity index (χ1n) is 3.20. The molecule has 0 aromatic carbocycles. The van der Waals surface area contributed by atoms with E-state index in [1.807, 2.05) is 4.72 Å². The van der Waals surface area contributed by atoms with E-state index in [1.165, 1.54) is 0 Å². The monoisotopic (exact) mass is 238 g/mol. The van der Waals surface area contributed by atoms with Crippen LogP contribution < -0.4 is 4.72 Å². The summed E-state index contributed by atoms with van der Waals surface area (Å²) in [6, 6.07) is 1.00. The molecule has 0 saturated heterocycles. The summed E-state index contributed by atoms with van der Waals surface area (Å²) in [5, 5.41) is 0. The molecule has 1 aromatic rings. The molecule has 0 radical (unpaired) electrons. The van der Waals surface area contributed by atoms with Gasteiger partial charge in [-0.1, -0.05) is 0 Å². The van der Waals surface area contributed by atoms with Crippen molar-refractivity contribution in [2.45, 2.75) is 4.90 Å². The van der Waals surface area contributed by atoms with Gasteiger partial charge in [-0.05, 0) is 6.07 Å². The molecular formula is C5H6N2O5S2. The van der Waals surface area contributed by atoms with Crippen molar-refractivity contribution < 1.29 is 21.7 Å². The number of pyridine rings is 1. The van der Waals surface area contributed by atoms with Gasteiger partial charge in [-0.3, -0.25) is 18.8 Å². The molecule has 7 nitrogen and oxygen atoms in total. The van der Waals surface area contributed by atoms with Crippen LogP contribution in [0.15, 0.2) is 23.4 Å². The molecule has 3 N–H and O–H groups in total. The zero-order valence-electron chi connectivity index (χ0n) is 6.61. The minimum atomic E-state index is -4.43. The maximum absolute atomic E-state index is 10.7. The molecule has 0 amide bonds. The Morgan fingerprint density at radius 2 is 2.14 bits per heavy atom. The second-order valence-corrected chi connectivity index (χ2v) is 4.29. The van der Waals surface area contributed by atoms with Gasteiger partial charge >= 0.3 is 0 Å². The van der Waals surface area contributed by atoms with Crippen molar-refractivity contribution in [1.82, 2.24) is 4.98 Å². The molecule has 0 aliphatic heterocycles. The van der Waals surface area contributed by atoms with Gasteiger partial charge < -0.3 is 0 Å². The fourth-order valence-corrected chi connectivity index (χ4v) is 1.81. The molecule has 0 saturated carbocycles. The summed E-state index contributed by atoms with van der Waals surface area (Å²) in [6.45, 7) is 0. The molecule has 1 rings (SSSR count). The third-order valence-electron chi connectivity index (χ3n) is 1.26. The van der Waals surface area contributed by atoms with E-state index < -0.39 is 26.3 Å². The van der Waals surface area contributed by atoms with Crippen LogP contribution in [0.1, 0.15) is 0 Å². The summed E-state index contributed by atoms with van der Waals surface area (Å²) >= 11 is -2.43. The first kappa shape index (κ1) is 11.0. The van der Waals surface area contributed by atoms with Crippen LogP contribution in [-0.4, -0.2) is 26.7 Å². The van der Waals surface area contributed by atoms with Crippen LogP contribution in [-0.2, 0) is 21.4 Å². The van der Waals surface area contributed by atoms with Gasteiger partial charge in [0.05, 0.1) is 11.9 Å². The minimum absolute atomic E-state index is 0.240. The quantitative estimate of drug-likeness (QED) is 0.499. The lowest BCUT2D eigenvalue weighted by atomic mass is 10.4. The van der Waals surface area contributed by atoms with E-state index in [1.54, 1.807) is 0 Å². The smallest absolute Gasteiger partial charge is 0.289 e. The van der Waals surface area contributed by atoms with Crippen LogP contribution in [0.4, 0.5) is 5.69 Å². The minimum Gasteiger partial charge on any atom is -0.289 e. The Morgan fingerprint density at radius 3 is 2.64 bits per heavy atom. The second-order valence-electron chi connectivity index (χ2n) is 2.20. The van der Waals surface area contributed by atoms with Crippen molar-refractivity contribution in [2.24, 2.45) is 0 Å². The first-order chi connectivity index (χ1) is 6.41. The topological polar surface area (TPSA) is 117 Å². The molecule has 1 heterocycles. The van der Waals surface area contributed by atoms with Crippen LogP contribution in [0, 0.1) is 0 Å². The Balaban J connectivity index is 3.23. The summed E-state index contributed by atoms with van der Waals surface area (Å²) < 4.78 is 50.9. The van der Waals surface area contributed by atoms with Crippen molar-refractivity contribution in [3.8, 4) is 0 Å². The third-order valence-corrected chi connectivity index (χ3v) is 2.56. The molecule has 1 atom stereocenters. The molecule has 0 aliphatic rings. The predicted octanol–water partition coefficient (Wildman–Crippen LogP) is -0.123. The summed E-state index contributed by atoms with van der Waals surface area (Å²) in [5.74, 6) is 0. The summed E-state index contributed by atoms with van der Waals surface area (Å²) in [4.78, 5) is 3.02. The van der Waals surface area contributed by atoms with Crippen molar-refractivity contribution in [2.75, 3.05) is 4.72 Å². The van der Waals surface area contributed by atoms with Crippen LogP contribution in [0.3, 0.4) is 0 Å². The van der Waals surface area contributed by atoms with Crippen LogP contribution in [0.2, 0.25) is 0 Å². The van der Waals surface area contributed by atoms with E-state index in [2.05, 4.69) is 4.98 Å². The van der Waals surface area contributed by atoms with E-state index in [9.17, 15) is 12.6 Å². The van der Waals surface area contributed by atoms with Gasteiger partial charge in [-0.15, -0.1) is 0 Å². The van der Waals surface area contributed by atoms with Gasteiger partial charge in [0.25, 0.3) is 21.4 Å². The molecule has 14 heavy (non-hydrogen) atoms. The van der Waals surface area contributed by atoms with Gasteiger partial charge in [0.2, 0.25) is 0 Å². The number of aromatic nitrogens is 1. The number of hydrogen-bond acceptors (Lipinski definition) is 4. The highest BCUT2D eigenvalue weighted by molar-refractivity contribution is 7.86. The Morgan fingerprint density at radius 1 is 1.50 bits per heavy atom. The lowest BCUT2D eigenvalue weighted by Gasteiger charge is -2.04. The van der Waals surface area contributed by atoms with E-state index in [0.29, 0.717) is 0 Å². The van der Waals surface area contributed by atoms with E-state index in [-0.39, 0.29) is 5.69 Å². The number of nitrogens with zero attached hydrogens (tertiary/aromatic N) is 1. The molecule has 0 aliphatic carbocycles. The third kappa shape index (κ3) is 2.73. The summed E-state index contributed by atoms with van der Waals surface area (Å²) in [7, 11) is -4.43. The largest absolute Gasteiger partial charge is 0.296 e. The van der Waals surface area contributed by atoms with Gasteiger partial charge in [0.1, 0.15) is 4.90 Å². The van der Waals surface area contributed by atoms with Crippen molar-refractivity contribution in [1.29, 1.82) is 0 Å². The van der Waals surface area contributed by atoms with Crippen LogP contribution in [0.25, 0.3) is 0 Å². The fraction of sp³-hybridized carbons (Fsp3) is 0. The molecule has 1 aromatic heterocycles. The number of nitrogens with one attached hydrogen (secondary N) is 1. The summed E-state index contributed by atoms with van der Waals surface area (Å²) in [5.41, 5.74) is -0.240. The Kier molecular flexibility index (Phi) is 3.16. The Bertz CT molecular complexity index is 457. The zero-order chi connectivity index (χ0) is 10.8. The molecule has 9 heteroatoms. The Hall–Kier alpha value is -1.03. The van der Waals surface area contributed by atoms with Gasteiger partial charge in [-0.2, -0.15) is 8.42 Å². The number of anilines is 1. The number of rotatable bonds is 3. The highest BCUT2D eigenvalue weighted by Gasteiger charge is 2.15. The maximum atomic E-state index is 10.7. The second kappa shape index (κ2) is 4.00. The van der Waals surface area contributed by atoms with Gasteiger partial charge in [0, 0.05) is 6.20 Å². The van der Waals surface area contributed by atoms with Crippen LogP contribution in [0.5, 0.6) is 0 Å². The summed E-state index contributed by atoms with van der Waals surface area (Å²) in [6.07, 6.45) is 2.14. The van der Waals surface area contributed by atoms with E-state index in [0.717, 1.165) is 18.5 Å². The average Bonchev–Trinajstić information content (AvgIpc) is 2.01. The van der Waals surface area contributed by atoms with Crippen LogP contribution >= 0.6 is 0 Å². The average molecular weight is 238 g/mol. The lowest BCUT2D eigenvalue weighted by Crippen LogP contribution is -2.08. The molecule has 0 bridgehead atoms. The predicted molar refractivity (Wildman–Crippen MR) is 48.4 cm³/mol. The van der Waals surface area contributed by atoms with Crippen molar-refractivity contribution >= 4 is 27.1 Å². The fourth-order valence-electron chi connectivity index (χ4n) is 0.777. The highest BCUT2D eigenvalue weighted by Crippen LogP contribution is 2.18. The molecule has 0 fully saturated rings. The first-order valence-corrected chi connectivity index (χ1v) is 5.75. The molecule has 78 valence electrons. The van der Waals surface area contributed by atoms with E-state index in [4.69, 9.17) is 9.11 Å². The maximum Gasteiger partial charge on any atom is 0.296 e. The van der Waals surface area contributed by atoms with Gasteiger partial charge in [-0.25, -0.2) is 4.21 Å². The van der Waals surface area contributed by atoms with E-state index >= 15 is 0 Å². The highest BCUT2D eigenvalue weighted by atomic mass is 32.2.